The fraction of sp³-hybridized carbons (Fsp3) is 0.500. The lowest BCUT2D eigenvalue weighted by Crippen LogP contribution is -2.31. The highest BCUT2D eigenvalue weighted by Crippen LogP contribution is 2.26. The third kappa shape index (κ3) is 2.02. The number of aliphatic carboxylic acids is 1. The summed E-state index contributed by atoms with van der Waals surface area (Å²) in [7, 11) is -3.14. The molecule has 0 fully saturated rings. The molecular formula is C10H12N2O4S. The minimum atomic E-state index is -3.14. The zero-order valence-corrected chi connectivity index (χ0v) is 10.3. The molecule has 0 amide bonds. The molecule has 1 N–H and O–H groups in total. The van der Waals surface area contributed by atoms with Crippen molar-refractivity contribution in [1.82, 2.24) is 9.97 Å². The van der Waals surface area contributed by atoms with Gasteiger partial charge in [-0.15, -0.1) is 0 Å². The van der Waals surface area contributed by atoms with Gasteiger partial charge in [-0.25, -0.2) is 18.4 Å². The van der Waals surface area contributed by atoms with E-state index in [0.717, 1.165) is 0 Å². The third-order valence-corrected chi connectivity index (χ3v) is 4.24. The molecule has 0 atom stereocenters. The number of carboxylic acid groups (broad SMARTS) is 1. The molecule has 0 saturated heterocycles. The van der Waals surface area contributed by atoms with Crippen LogP contribution in [0, 0.1) is 0 Å². The molecule has 0 saturated carbocycles. The molecule has 1 aromatic rings. The van der Waals surface area contributed by atoms with Crippen molar-refractivity contribution >= 4 is 15.8 Å². The molecule has 2 heterocycles. The lowest BCUT2D eigenvalue weighted by Gasteiger charge is -2.17. The summed E-state index contributed by atoms with van der Waals surface area (Å²) >= 11 is 0. The molecule has 1 aliphatic heterocycles. The highest BCUT2D eigenvalue weighted by atomic mass is 32.2. The van der Waals surface area contributed by atoms with Crippen LogP contribution in [0.1, 0.15) is 30.9 Å². The Hall–Kier alpha value is -1.50. The third-order valence-electron chi connectivity index (χ3n) is 2.78. The second kappa shape index (κ2) is 3.49. The molecule has 1 aromatic heterocycles. The summed E-state index contributed by atoms with van der Waals surface area (Å²) in [5.41, 5.74) is -0.235. The summed E-state index contributed by atoms with van der Waals surface area (Å²) < 4.78 is 22.8. The highest BCUT2D eigenvalue weighted by Gasteiger charge is 2.35. The van der Waals surface area contributed by atoms with Crippen LogP contribution in [-0.4, -0.2) is 29.5 Å². The van der Waals surface area contributed by atoms with Crippen molar-refractivity contribution in [2.45, 2.75) is 30.8 Å². The van der Waals surface area contributed by atoms with E-state index in [1.807, 2.05) is 0 Å². The van der Waals surface area contributed by atoms with Crippen LogP contribution in [0.3, 0.4) is 0 Å². The Labute approximate surface area is 98.6 Å². The molecule has 0 radical (unpaired) electrons. The quantitative estimate of drug-likeness (QED) is 0.815. The normalized spacial score (nSPS) is 17.8. The van der Waals surface area contributed by atoms with Crippen molar-refractivity contribution in [1.29, 1.82) is 0 Å². The van der Waals surface area contributed by atoms with Gasteiger partial charge in [0.25, 0.3) is 0 Å². The fourth-order valence-corrected chi connectivity index (χ4v) is 3.06. The van der Waals surface area contributed by atoms with Crippen LogP contribution in [-0.2, 0) is 31.6 Å². The van der Waals surface area contributed by atoms with Gasteiger partial charge in [-0.05, 0) is 13.8 Å². The summed E-state index contributed by atoms with van der Waals surface area (Å²) in [6.45, 7) is 2.97. The summed E-state index contributed by atoms with van der Waals surface area (Å²) in [5, 5.41) is 9.05. The largest absolute Gasteiger partial charge is 0.481 e. The Balaban J connectivity index is 2.48. The lowest BCUT2D eigenvalue weighted by molar-refractivity contribution is -0.142. The Morgan fingerprint density at radius 3 is 2.65 bits per heavy atom. The maximum Gasteiger partial charge on any atom is 0.316 e. The number of fused-ring (bicyclic) bond motifs is 1. The molecule has 17 heavy (non-hydrogen) atoms. The van der Waals surface area contributed by atoms with Gasteiger partial charge in [0.05, 0.1) is 17.2 Å². The molecule has 0 unspecified atom stereocenters. The van der Waals surface area contributed by atoms with Crippen molar-refractivity contribution in [2.24, 2.45) is 0 Å². The fourth-order valence-electron chi connectivity index (χ4n) is 1.58. The van der Waals surface area contributed by atoms with Gasteiger partial charge in [-0.3, -0.25) is 4.79 Å². The Kier molecular flexibility index (Phi) is 2.46. The average molecular weight is 256 g/mol. The molecule has 6 nitrogen and oxygen atoms in total. The Morgan fingerprint density at radius 2 is 2.06 bits per heavy atom. The van der Waals surface area contributed by atoms with E-state index in [4.69, 9.17) is 5.11 Å². The van der Waals surface area contributed by atoms with Gasteiger partial charge in [0.2, 0.25) is 0 Å². The zero-order chi connectivity index (χ0) is 12.8. The number of nitrogens with zero attached hydrogens (tertiary/aromatic N) is 2. The number of carboxylic acids is 1. The van der Waals surface area contributed by atoms with E-state index in [1.165, 1.54) is 20.0 Å². The maximum atomic E-state index is 11.4. The lowest BCUT2D eigenvalue weighted by atomic mass is 9.92. The Morgan fingerprint density at radius 1 is 1.41 bits per heavy atom. The van der Waals surface area contributed by atoms with Crippen LogP contribution in [0.15, 0.2) is 6.20 Å². The minimum absolute atomic E-state index is 0.0594. The van der Waals surface area contributed by atoms with Gasteiger partial charge in [0, 0.05) is 11.8 Å². The Bertz CT molecular complexity index is 592. The number of hydrogen-bond donors (Lipinski definition) is 1. The van der Waals surface area contributed by atoms with E-state index in [9.17, 15) is 13.2 Å². The first-order chi connectivity index (χ1) is 7.72. The van der Waals surface area contributed by atoms with E-state index in [1.54, 1.807) is 0 Å². The summed E-state index contributed by atoms with van der Waals surface area (Å²) in [4.78, 5) is 19.1. The first-order valence-corrected chi connectivity index (χ1v) is 6.83. The predicted octanol–water partition coefficient (Wildman–Crippen LogP) is 0.267. The van der Waals surface area contributed by atoms with Gasteiger partial charge >= 0.3 is 5.97 Å². The molecule has 2 rings (SSSR count). The molecule has 0 aliphatic carbocycles. The summed E-state index contributed by atoms with van der Waals surface area (Å²) in [5.74, 6) is -1.09. The molecule has 1 aliphatic rings. The predicted molar refractivity (Wildman–Crippen MR) is 59.0 cm³/mol. The van der Waals surface area contributed by atoms with Crippen LogP contribution in [0.5, 0.6) is 0 Å². The van der Waals surface area contributed by atoms with Crippen LogP contribution >= 0.6 is 0 Å². The summed E-state index contributed by atoms with van der Waals surface area (Å²) in [6, 6.07) is 0. The topological polar surface area (TPSA) is 97.2 Å². The van der Waals surface area contributed by atoms with Crippen molar-refractivity contribution < 1.29 is 18.3 Å². The second-order valence-electron chi connectivity index (χ2n) is 4.63. The second-order valence-corrected chi connectivity index (χ2v) is 6.69. The van der Waals surface area contributed by atoms with E-state index in [-0.39, 0.29) is 17.3 Å². The summed E-state index contributed by atoms with van der Waals surface area (Å²) in [6.07, 6.45) is 1.41. The van der Waals surface area contributed by atoms with Gasteiger partial charge in [0.15, 0.2) is 9.84 Å². The number of sulfone groups is 1. The molecule has 0 spiro atoms. The molecule has 7 heteroatoms. The van der Waals surface area contributed by atoms with Crippen LogP contribution in [0.25, 0.3) is 0 Å². The van der Waals surface area contributed by atoms with Crippen molar-refractivity contribution in [3.8, 4) is 0 Å². The zero-order valence-electron chi connectivity index (χ0n) is 9.47. The van der Waals surface area contributed by atoms with E-state index in [0.29, 0.717) is 11.3 Å². The molecular weight excluding hydrogens is 244 g/mol. The van der Waals surface area contributed by atoms with Crippen molar-refractivity contribution in [3.63, 3.8) is 0 Å². The van der Waals surface area contributed by atoms with Crippen LogP contribution in [0.4, 0.5) is 0 Å². The maximum absolute atomic E-state index is 11.4. The van der Waals surface area contributed by atoms with Gasteiger partial charge < -0.3 is 5.11 Å². The molecule has 0 aromatic carbocycles. The standard InChI is InChI=1S/C10H12N2O4S/c1-10(2,9(13)14)8-11-3-6-4-17(15,16)5-7(6)12-8/h3H,4-5H2,1-2H3,(H,13,14). The smallest absolute Gasteiger partial charge is 0.316 e. The SMILES string of the molecule is CC(C)(C(=O)O)c1ncc2c(n1)CS(=O)(=O)C2. The molecule has 0 bridgehead atoms. The van der Waals surface area contributed by atoms with E-state index < -0.39 is 21.2 Å². The van der Waals surface area contributed by atoms with E-state index >= 15 is 0 Å². The average Bonchev–Trinajstić information content (AvgIpc) is 2.49. The monoisotopic (exact) mass is 256 g/mol. The molecule has 92 valence electrons. The van der Waals surface area contributed by atoms with Crippen molar-refractivity contribution in [3.05, 3.63) is 23.3 Å². The number of hydrogen-bond acceptors (Lipinski definition) is 5. The van der Waals surface area contributed by atoms with Gasteiger partial charge in [-0.1, -0.05) is 0 Å². The number of aromatic nitrogens is 2. The highest BCUT2D eigenvalue weighted by molar-refractivity contribution is 7.90. The van der Waals surface area contributed by atoms with Gasteiger partial charge in [0.1, 0.15) is 11.2 Å². The van der Waals surface area contributed by atoms with E-state index in [2.05, 4.69) is 9.97 Å². The number of carbonyl (C=O) groups is 1. The minimum Gasteiger partial charge on any atom is -0.481 e. The first kappa shape index (κ1) is 12.0. The number of rotatable bonds is 2. The van der Waals surface area contributed by atoms with Crippen LogP contribution in [0.2, 0.25) is 0 Å². The van der Waals surface area contributed by atoms with Crippen molar-refractivity contribution in [2.75, 3.05) is 0 Å². The van der Waals surface area contributed by atoms with Gasteiger partial charge in [-0.2, -0.15) is 0 Å². The first-order valence-electron chi connectivity index (χ1n) is 5.01. The van der Waals surface area contributed by atoms with Crippen LogP contribution < -0.4 is 0 Å².